The van der Waals surface area contributed by atoms with Crippen molar-refractivity contribution in [3.8, 4) is 0 Å². The number of rotatable bonds is 6. The normalized spacial score (nSPS) is 12.0. The summed E-state index contributed by atoms with van der Waals surface area (Å²) in [5.41, 5.74) is 1.14. The van der Waals surface area contributed by atoms with Gasteiger partial charge in [0.15, 0.2) is 0 Å². The molecule has 1 unspecified atom stereocenters. The second-order valence-corrected chi connectivity index (χ2v) is 3.25. The molecule has 0 aliphatic heterocycles. The van der Waals surface area contributed by atoms with Gasteiger partial charge in [-0.1, -0.05) is 30.3 Å². The zero-order valence-electron chi connectivity index (χ0n) is 8.06. The van der Waals surface area contributed by atoms with Gasteiger partial charge in [-0.3, -0.25) is 0 Å². The fraction of sp³-hybridized carbons (Fsp3) is 0.333. The smallest absolute Gasteiger partial charge is 0.120 e. The Kier molecular flexibility index (Phi) is 4.62. The molecule has 0 saturated carbocycles. The van der Waals surface area contributed by atoms with Crippen LogP contribution < -0.4 is 0 Å². The highest BCUT2D eigenvalue weighted by atomic mass is 16.1. The second kappa shape index (κ2) is 6.08. The third-order valence-corrected chi connectivity index (χ3v) is 2.28. The Labute approximate surface area is 83.9 Å². The van der Waals surface area contributed by atoms with Crippen LogP contribution in [0.25, 0.3) is 0 Å². The fourth-order valence-corrected chi connectivity index (χ4v) is 1.53. The molecule has 14 heavy (non-hydrogen) atoms. The average Bonchev–Trinajstić information content (AvgIpc) is 2.25. The zero-order valence-corrected chi connectivity index (χ0v) is 8.06. The van der Waals surface area contributed by atoms with Crippen LogP contribution in [0.3, 0.4) is 0 Å². The topological polar surface area (TPSA) is 34.1 Å². The van der Waals surface area contributed by atoms with Crippen molar-refractivity contribution in [1.82, 2.24) is 0 Å². The van der Waals surface area contributed by atoms with Gasteiger partial charge in [0.1, 0.15) is 12.6 Å². The van der Waals surface area contributed by atoms with Gasteiger partial charge in [-0.15, -0.1) is 0 Å². The molecule has 0 spiro atoms. The van der Waals surface area contributed by atoms with E-state index >= 15 is 0 Å². The van der Waals surface area contributed by atoms with Crippen molar-refractivity contribution in [3.63, 3.8) is 0 Å². The molecule has 0 fully saturated rings. The standard InChI is InChI=1S/C12H14O2/c13-9-4-7-12(8-10-14)11-5-2-1-3-6-11/h1-3,5-6,9-10,12H,4,7-8H2. The van der Waals surface area contributed by atoms with Crippen LogP contribution in [-0.4, -0.2) is 12.6 Å². The summed E-state index contributed by atoms with van der Waals surface area (Å²) < 4.78 is 0. The highest BCUT2D eigenvalue weighted by molar-refractivity contribution is 5.53. The van der Waals surface area contributed by atoms with Crippen molar-refractivity contribution < 1.29 is 9.59 Å². The van der Waals surface area contributed by atoms with Crippen molar-refractivity contribution in [2.75, 3.05) is 0 Å². The first-order valence-corrected chi connectivity index (χ1v) is 4.80. The van der Waals surface area contributed by atoms with Crippen molar-refractivity contribution in [2.24, 2.45) is 0 Å². The van der Waals surface area contributed by atoms with Crippen LogP contribution in [0.5, 0.6) is 0 Å². The Morgan fingerprint density at radius 1 is 1.07 bits per heavy atom. The van der Waals surface area contributed by atoms with E-state index in [1.165, 1.54) is 0 Å². The predicted molar refractivity (Wildman–Crippen MR) is 55.2 cm³/mol. The van der Waals surface area contributed by atoms with E-state index in [-0.39, 0.29) is 5.92 Å². The Morgan fingerprint density at radius 2 is 1.79 bits per heavy atom. The van der Waals surface area contributed by atoms with Crippen LogP contribution in [0.4, 0.5) is 0 Å². The van der Waals surface area contributed by atoms with E-state index < -0.39 is 0 Å². The van der Waals surface area contributed by atoms with Crippen LogP contribution >= 0.6 is 0 Å². The van der Waals surface area contributed by atoms with Gasteiger partial charge in [0, 0.05) is 12.8 Å². The van der Waals surface area contributed by atoms with Crippen molar-refractivity contribution >= 4 is 12.6 Å². The molecule has 0 N–H and O–H groups in total. The van der Waals surface area contributed by atoms with Crippen molar-refractivity contribution in [3.05, 3.63) is 35.9 Å². The molecule has 1 aromatic carbocycles. The van der Waals surface area contributed by atoms with Crippen LogP contribution in [0, 0.1) is 0 Å². The summed E-state index contributed by atoms with van der Waals surface area (Å²) in [4.78, 5) is 20.7. The van der Waals surface area contributed by atoms with E-state index in [2.05, 4.69) is 0 Å². The molecule has 0 radical (unpaired) electrons. The minimum Gasteiger partial charge on any atom is -0.303 e. The summed E-state index contributed by atoms with van der Waals surface area (Å²) >= 11 is 0. The van der Waals surface area contributed by atoms with Gasteiger partial charge in [-0.25, -0.2) is 0 Å². The SMILES string of the molecule is O=CCCC(CC=O)c1ccccc1. The first-order valence-electron chi connectivity index (χ1n) is 4.80. The van der Waals surface area contributed by atoms with E-state index in [1.807, 2.05) is 30.3 Å². The minimum atomic E-state index is 0.193. The van der Waals surface area contributed by atoms with Crippen LogP contribution in [-0.2, 0) is 9.59 Å². The lowest BCUT2D eigenvalue weighted by Crippen LogP contribution is -2.00. The molecule has 1 rings (SSSR count). The molecular formula is C12H14O2. The van der Waals surface area contributed by atoms with Gasteiger partial charge >= 0.3 is 0 Å². The summed E-state index contributed by atoms with van der Waals surface area (Å²) in [5.74, 6) is 0.193. The maximum Gasteiger partial charge on any atom is 0.120 e. The van der Waals surface area contributed by atoms with Crippen molar-refractivity contribution in [1.29, 1.82) is 0 Å². The third kappa shape index (κ3) is 3.13. The Bertz CT molecular complexity index is 280. The second-order valence-electron chi connectivity index (χ2n) is 3.25. The molecule has 2 heteroatoms. The molecule has 1 aromatic rings. The summed E-state index contributed by atoms with van der Waals surface area (Å²) in [6.07, 6.45) is 3.60. The predicted octanol–water partition coefficient (Wildman–Crippen LogP) is 2.34. The molecule has 0 aliphatic carbocycles. The Balaban J connectivity index is 2.66. The molecule has 0 saturated heterocycles. The lowest BCUT2D eigenvalue weighted by Gasteiger charge is -2.12. The number of benzene rings is 1. The summed E-state index contributed by atoms with van der Waals surface area (Å²) in [6, 6.07) is 9.85. The molecule has 0 heterocycles. The summed E-state index contributed by atoms with van der Waals surface area (Å²) in [5, 5.41) is 0. The minimum absolute atomic E-state index is 0.193. The van der Waals surface area contributed by atoms with Crippen LogP contribution in [0.15, 0.2) is 30.3 Å². The molecule has 2 nitrogen and oxygen atoms in total. The van der Waals surface area contributed by atoms with Gasteiger partial charge in [0.25, 0.3) is 0 Å². The third-order valence-electron chi connectivity index (χ3n) is 2.28. The lowest BCUT2D eigenvalue weighted by molar-refractivity contribution is -0.109. The van der Waals surface area contributed by atoms with E-state index in [9.17, 15) is 9.59 Å². The molecule has 1 atom stereocenters. The van der Waals surface area contributed by atoms with Crippen LogP contribution in [0.1, 0.15) is 30.7 Å². The van der Waals surface area contributed by atoms with Gasteiger partial charge in [0.05, 0.1) is 0 Å². The highest BCUT2D eigenvalue weighted by Gasteiger charge is 2.09. The number of carbonyl (C=O) groups excluding carboxylic acids is 2. The molecule has 0 bridgehead atoms. The maximum atomic E-state index is 10.5. The highest BCUT2D eigenvalue weighted by Crippen LogP contribution is 2.22. The number of hydrogen-bond acceptors (Lipinski definition) is 2. The van der Waals surface area contributed by atoms with Crippen LogP contribution in [0.2, 0.25) is 0 Å². The Morgan fingerprint density at radius 3 is 2.36 bits per heavy atom. The van der Waals surface area contributed by atoms with E-state index in [0.717, 1.165) is 24.6 Å². The molecular weight excluding hydrogens is 176 g/mol. The average molecular weight is 190 g/mol. The molecule has 74 valence electrons. The first kappa shape index (κ1) is 10.6. The number of aldehydes is 2. The van der Waals surface area contributed by atoms with E-state index in [0.29, 0.717) is 12.8 Å². The quantitative estimate of drug-likeness (QED) is 0.645. The van der Waals surface area contributed by atoms with E-state index in [4.69, 9.17) is 0 Å². The van der Waals surface area contributed by atoms with Gasteiger partial charge in [0.2, 0.25) is 0 Å². The summed E-state index contributed by atoms with van der Waals surface area (Å²) in [6.45, 7) is 0. The van der Waals surface area contributed by atoms with Gasteiger partial charge < -0.3 is 9.59 Å². The first-order chi connectivity index (χ1) is 6.88. The van der Waals surface area contributed by atoms with E-state index in [1.54, 1.807) is 0 Å². The monoisotopic (exact) mass is 190 g/mol. The molecule has 0 aliphatic rings. The maximum absolute atomic E-state index is 10.5. The number of hydrogen-bond donors (Lipinski definition) is 0. The number of carbonyl (C=O) groups is 2. The molecule has 0 aromatic heterocycles. The Hall–Kier alpha value is -1.44. The largest absolute Gasteiger partial charge is 0.303 e. The summed E-state index contributed by atoms with van der Waals surface area (Å²) in [7, 11) is 0. The fourth-order valence-electron chi connectivity index (χ4n) is 1.53. The molecule has 0 amide bonds. The lowest BCUT2D eigenvalue weighted by atomic mass is 9.92. The van der Waals surface area contributed by atoms with Gasteiger partial charge in [-0.2, -0.15) is 0 Å². The zero-order chi connectivity index (χ0) is 10.2. The van der Waals surface area contributed by atoms with Crippen molar-refractivity contribution in [2.45, 2.75) is 25.2 Å². The van der Waals surface area contributed by atoms with Gasteiger partial charge in [-0.05, 0) is 17.9 Å².